The molecule has 28 heavy (non-hydrogen) atoms. The van der Waals surface area contributed by atoms with E-state index in [9.17, 15) is 4.79 Å². The maximum absolute atomic E-state index is 12.8. The molecule has 0 aliphatic rings. The molecule has 0 saturated carbocycles. The summed E-state index contributed by atoms with van der Waals surface area (Å²) in [7, 11) is 5.17. The van der Waals surface area contributed by atoms with Crippen LogP contribution in [0.2, 0.25) is 0 Å². The first-order valence-corrected chi connectivity index (χ1v) is 9.23. The molecule has 6 nitrogen and oxygen atoms in total. The molecular formula is C22H29N3O3. The van der Waals surface area contributed by atoms with E-state index in [1.807, 2.05) is 50.1 Å². The van der Waals surface area contributed by atoms with Gasteiger partial charge in [-0.05, 0) is 44.0 Å². The first-order chi connectivity index (χ1) is 13.4. The van der Waals surface area contributed by atoms with Gasteiger partial charge in [0.15, 0.2) is 5.78 Å². The van der Waals surface area contributed by atoms with Crippen LogP contribution in [0.1, 0.15) is 28.4 Å². The Morgan fingerprint density at radius 1 is 1.07 bits per heavy atom. The van der Waals surface area contributed by atoms with Crippen LogP contribution in [-0.2, 0) is 0 Å². The van der Waals surface area contributed by atoms with Gasteiger partial charge in [-0.25, -0.2) is 4.99 Å². The van der Waals surface area contributed by atoms with Crippen molar-refractivity contribution >= 4 is 23.5 Å². The van der Waals surface area contributed by atoms with E-state index in [1.54, 1.807) is 26.6 Å². The number of anilines is 1. The second-order valence-electron chi connectivity index (χ2n) is 6.65. The highest BCUT2D eigenvalue weighted by Gasteiger charge is 2.12. The second kappa shape index (κ2) is 9.78. The molecule has 0 aliphatic heterocycles. The van der Waals surface area contributed by atoms with E-state index in [1.165, 1.54) is 0 Å². The van der Waals surface area contributed by atoms with E-state index in [0.717, 1.165) is 29.0 Å². The zero-order valence-electron chi connectivity index (χ0n) is 17.5. The molecule has 0 aliphatic carbocycles. The fraction of sp³-hybridized carbons (Fsp3) is 0.364. The number of hydrogen-bond acceptors (Lipinski definition) is 5. The van der Waals surface area contributed by atoms with Gasteiger partial charge in [0.2, 0.25) is 0 Å². The Hall–Kier alpha value is -3.02. The number of nitrogens with one attached hydrogen (secondary N) is 1. The first-order valence-electron chi connectivity index (χ1n) is 9.23. The minimum absolute atomic E-state index is 0.0172. The summed E-state index contributed by atoms with van der Waals surface area (Å²) < 4.78 is 10.5. The van der Waals surface area contributed by atoms with E-state index in [4.69, 9.17) is 9.47 Å². The molecule has 2 rings (SSSR count). The van der Waals surface area contributed by atoms with Gasteiger partial charge in [-0.15, -0.1) is 0 Å². The summed E-state index contributed by atoms with van der Waals surface area (Å²) in [6.07, 6.45) is 1.81. The van der Waals surface area contributed by atoms with E-state index in [-0.39, 0.29) is 12.3 Å². The van der Waals surface area contributed by atoms with Gasteiger partial charge >= 0.3 is 0 Å². The molecule has 6 heteroatoms. The third kappa shape index (κ3) is 5.49. The molecule has 0 saturated heterocycles. The average Bonchev–Trinajstić information content (AvgIpc) is 2.71. The van der Waals surface area contributed by atoms with Gasteiger partial charge < -0.3 is 19.7 Å². The number of rotatable bonds is 9. The van der Waals surface area contributed by atoms with Crippen molar-refractivity contribution in [3.63, 3.8) is 0 Å². The summed E-state index contributed by atoms with van der Waals surface area (Å²) in [6.45, 7) is 7.03. The Morgan fingerprint density at radius 3 is 2.29 bits per heavy atom. The Balaban J connectivity index is 2.14. The van der Waals surface area contributed by atoms with Crippen molar-refractivity contribution < 1.29 is 14.3 Å². The summed E-state index contributed by atoms with van der Waals surface area (Å²) in [4.78, 5) is 19.3. The average molecular weight is 383 g/mol. The fourth-order valence-corrected chi connectivity index (χ4v) is 2.67. The number of aliphatic imine (C=N–C) groups is 1. The fourth-order valence-electron chi connectivity index (χ4n) is 2.67. The highest BCUT2D eigenvalue weighted by atomic mass is 16.5. The van der Waals surface area contributed by atoms with Crippen LogP contribution >= 0.6 is 0 Å². The number of carbonyl (C=O) groups excluding carboxylic acids is 1. The van der Waals surface area contributed by atoms with Crippen LogP contribution in [-0.4, -0.2) is 51.4 Å². The summed E-state index contributed by atoms with van der Waals surface area (Å²) >= 11 is 0. The summed E-state index contributed by atoms with van der Waals surface area (Å²) in [5.74, 6) is 1.35. The molecule has 150 valence electrons. The predicted octanol–water partition coefficient (Wildman–Crippen LogP) is 4.23. The van der Waals surface area contributed by atoms with E-state index < -0.39 is 0 Å². The zero-order chi connectivity index (χ0) is 20.7. The minimum Gasteiger partial charge on any atom is -0.497 e. The van der Waals surface area contributed by atoms with E-state index in [0.29, 0.717) is 17.1 Å². The lowest BCUT2D eigenvalue weighted by Crippen LogP contribution is -2.16. The highest BCUT2D eigenvalue weighted by molar-refractivity contribution is 6.00. The smallest absolute Gasteiger partial charge is 0.182 e. The van der Waals surface area contributed by atoms with Crippen molar-refractivity contribution in [1.29, 1.82) is 0 Å². The van der Waals surface area contributed by atoms with Crippen LogP contribution in [0.15, 0.2) is 35.3 Å². The van der Waals surface area contributed by atoms with Gasteiger partial charge in [0.1, 0.15) is 11.5 Å². The van der Waals surface area contributed by atoms with Crippen LogP contribution < -0.4 is 14.8 Å². The number of methoxy groups -OCH3 is 2. The molecule has 0 bridgehead atoms. The first kappa shape index (κ1) is 21.3. The molecule has 0 unspecified atom stereocenters. The third-order valence-electron chi connectivity index (χ3n) is 4.54. The van der Waals surface area contributed by atoms with Crippen molar-refractivity contribution in [2.24, 2.45) is 4.99 Å². The molecule has 0 heterocycles. The molecule has 1 N–H and O–H groups in total. The summed E-state index contributed by atoms with van der Waals surface area (Å²) in [6, 6.07) is 9.31. The molecule has 0 aromatic heterocycles. The van der Waals surface area contributed by atoms with E-state index >= 15 is 0 Å². The normalized spacial score (nSPS) is 10.8. The SMILES string of the molecule is CCN(C)/C=N\c1cc(C)c(C(=O)CNc2cc(OC)cc(OC)c2)cc1C. The Morgan fingerprint density at radius 2 is 1.71 bits per heavy atom. The number of ketones is 1. The standard InChI is InChI=1S/C22H29N3O3/c1-7-25(4)14-24-21-9-15(2)20(8-16(21)3)22(26)13-23-17-10-18(27-5)12-19(11-17)28-6/h8-12,14,23H,7,13H2,1-6H3/b24-14-. The number of hydrogen-bond donors (Lipinski definition) is 1. The maximum atomic E-state index is 12.8. The van der Waals surface area contributed by atoms with Gasteiger partial charge in [0.25, 0.3) is 0 Å². The lowest BCUT2D eigenvalue weighted by Gasteiger charge is -2.13. The summed E-state index contributed by atoms with van der Waals surface area (Å²) in [5, 5.41) is 3.16. The number of nitrogens with zero attached hydrogens (tertiary/aromatic N) is 2. The van der Waals surface area contributed by atoms with Crippen molar-refractivity contribution in [3.05, 3.63) is 47.0 Å². The predicted molar refractivity (Wildman–Crippen MR) is 115 cm³/mol. The number of Topliss-reactive ketones (excluding diaryl/α,β-unsaturated/α-hetero) is 1. The Labute approximate surface area is 167 Å². The van der Waals surface area contributed by atoms with Crippen molar-refractivity contribution in [3.8, 4) is 11.5 Å². The number of benzene rings is 2. The lowest BCUT2D eigenvalue weighted by molar-refractivity contribution is 0.101. The Kier molecular flexibility index (Phi) is 7.44. The molecular weight excluding hydrogens is 354 g/mol. The second-order valence-corrected chi connectivity index (χ2v) is 6.65. The molecule has 0 radical (unpaired) electrons. The largest absolute Gasteiger partial charge is 0.497 e. The van der Waals surface area contributed by atoms with Crippen LogP contribution in [0, 0.1) is 13.8 Å². The van der Waals surface area contributed by atoms with E-state index in [2.05, 4.69) is 17.2 Å². The molecule has 0 amide bonds. The van der Waals surface area contributed by atoms with Crippen molar-refractivity contribution in [2.75, 3.05) is 39.7 Å². The molecule has 2 aromatic carbocycles. The molecule has 0 spiro atoms. The number of aryl methyl sites for hydroxylation is 2. The van der Waals surface area contributed by atoms with Crippen LogP contribution in [0.5, 0.6) is 11.5 Å². The van der Waals surface area contributed by atoms with Gasteiger partial charge in [-0.2, -0.15) is 0 Å². The maximum Gasteiger partial charge on any atom is 0.182 e. The van der Waals surface area contributed by atoms with Gasteiger partial charge in [-0.1, -0.05) is 0 Å². The molecule has 0 fully saturated rings. The van der Waals surface area contributed by atoms with Crippen LogP contribution in [0.4, 0.5) is 11.4 Å². The van der Waals surface area contributed by atoms with Gasteiger partial charge in [-0.3, -0.25) is 4.79 Å². The zero-order valence-corrected chi connectivity index (χ0v) is 17.5. The van der Waals surface area contributed by atoms with Crippen LogP contribution in [0.25, 0.3) is 0 Å². The van der Waals surface area contributed by atoms with Crippen molar-refractivity contribution in [2.45, 2.75) is 20.8 Å². The Bertz CT molecular complexity index is 840. The number of ether oxygens (including phenoxy) is 2. The van der Waals surface area contributed by atoms with Crippen molar-refractivity contribution in [1.82, 2.24) is 4.90 Å². The third-order valence-corrected chi connectivity index (χ3v) is 4.54. The number of carbonyl (C=O) groups is 1. The van der Waals surface area contributed by atoms with Crippen LogP contribution in [0.3, 0.4) is 0 Å². The van der Waals surface area contributed by atoms with Gasteiger partial charge in [0, 0.05) is 43.0 Å². The topological polar surface area (TPSA) is 63.2 Å². The highest BCUT2D eigenvalue weighted by Crippen LogP contribution is 2.26. The summed E-state index contributed by atoms with van der Waals surface area (Å²) in [5.41, 5.74) is 4.22. The quantitative estimate of drug-likeness (QED) is 0.399. The minimum atomic E-state index is 0.0172. The lowest BCUT2D eigenvalue weighted by atomic mass is 10.0. The van der Waals surface area contributed by atoms with Gasteiger partial charge in [0.05, 0.1) is 32.8 Å². The monoisotopic (exact) mass is 383 g/mol. The molecule has 0 atom stereocenters. The molecule has 2 aromatic rings.